The molecule has 0 aliphatic rings. The van der Waals surface area contributed by atoms with Crippen LogP contribution in [0.3, 0.4) is 0 Å². The number of hydrogen-bond acceptors (Lipinski definition) is 5. The molecule has 33 heavy (non-hydrogen) atoms. The Morgan fingerprint density at radius 1 is 1.12 bits per heavy atom. The fourth-order valence-corrected chi connectivity index (χ4v) is 3.02. The van der Waals surface area contributed by atoms with Gasteiger partial charge in [0.1, 0.15) is 17.0 Å². The molecule has 0 saturated carbocycles. The fourth-order valence-electron chi connectivity index (χ4n) is 3.02. The lowest BCUT2D eigenvalue weighted by atomic mass is 9.98. The predicted octanol–water partition coefficient (Wildman–Crippen LogP) is 3.96. The number of alkyl halides is 3. The summed E-state index contributed by atoms with van der Waals surface area (Å²) in [5.74, 6) is -0.924. The van der Waals surface area contributed by atoms with Gasteiger partial charge in [0.25, 0.3) is 11.5 Å². The molecule has 0 bridgehead atoms. The molecule has 0 radical (unpaired) electrons. The molecule has 0 aliphatic carbocycles. The van der Waals surface area contributed by atoms with Crippen LogP contribution in [-0.2, 0) is 5.60 Å². The zero-order valence-electron chi connectivity index (χ0n) is 18.1. The highest BCUT2D eigenvalue weighted by atomic mass is 19.4. The van der Waals surface area contributed by atoms with Crippen LogP contribution in [0.5, 0.6) is 5.75 Å². The quantitative estimate of drug-likeness (QED) is 0.580. The Labute approximate surface area is 187 Å². The Balaban J connectivity index is 1.94. The van der Waals surface area contributed by atoms with E-state index in [-0.39, 0.29) is 17.0 Å². The number of nitrogens with zero attached hydrogens (tertiary/aromatic N) is 2. The van der Waals surface area contributed by atoms with Gasteiger partial charge in [-0.25, -0.2) is 0 Å². The standard InChI is InChI=1S/C23H22F3N3O4/c1-14-12-17(20(30)27-16-10-8-15(9-11-16)22(2,3)32)21(31)29(28-14)18-6-4-5-7-19(18)33-13-23(24,25)26/h4-12,32H,13H2,1-3H3,(H,27,30). The van der Waals surface area contributed by atoms with E-state index in [2.05, 4.69) is 10.4 Å². The highest BCUT2D eigenvalue weighted by Gasteiger charge is 2.29. The summed E-state index contributed by atoms with van der Waals surface area (Å²) in [5.41, 5.74) is -0.837. The van der Waals surface area contributed by atoms with Crippen molar-refractivity contribution in [1.82, 2.24) is 9.78 Å². The lowest BCUT2D eigenvalue weighted by Crippen LogP contribution is -2.31. The van der Waals surface area contributed by atoms with Crippen LogP contribution in [0.25, 0.3) is 5.69 Å². The number of aromatic nitrogens is 2. The molecule has 2 aromatic carbocycles. The van der Waals surface area contributed by atoms with E-state index in [0.29, 0.717) is 16.9 Å². The van der Waals surface area contributed by atoms with Crippen LogP contribution in [0.1, 0.15) is 35.5 Å². The molecule has 2 N–H and O–H groups in total. The van der Waals surface area contributed by atoms with Gasteiger partial charge < -0.3 is 15.2 Å². The van der Waals surface area contributed by atoms with Gasteiger partial charge >= 0.3 is 6.18 Å². The molecule has 3 rings (SSSR count). The van der Waals surface area contributed by atoms with Crippen LogP contribution >= 0.6 is 0 Å². The van der Waals surface area contributed by atoms with Crippen molar-refractivity contribution in [3.05, 3.63) is 81.8 Å². The molecule has 0 spiro atoms. The van der Waals surface area contributed by atoms with Crippen molar-refractivity contribution in [2.24, 2.45) is 0 Å². The largest absolute Gasteiger partial charge is 0.482 e. The molecule has 10 heteroatoms. The van der Waals surface area contributed by atoms with E-state index in [1.807, 2.05) is 0 Å². The number of ether oxygens (including phenoxy) is 1. The van der Waals surface area contributed by atoms with Gasteiger partial charge in [0.2, 0.25) is 0 Å². The second-order valence-electron chi connectivity index (χ2n) is 7.88. The summed E-state index contributed by atoms with van der Waals surface area (Å²) in [6.45, 7) is 3.25. The van der Waals surface area contributed by atoms with E-state index < -0.39 is 29.9 Å². The molecule has 7 nitrogen and oxygen atoms in total. The van der Waals surface area contributed by atoms with E-state index in [1.54, 1.807) is 45.0 Å². The van der Waals surface area contributed by atoms with E-state index in [1.165, 1.54) is 30.3 Å². The van der Waals surface area contributed by atoms with Crippen molar-refractivity contribution in [1.29, 1.82) is 0 Å². The molecule has 0 saturated heterocycles. The number of carbonyl (C=O) groups is 1. The minimum atomic E-state index is -4.57. The second-order valence-corrected chi connectivity index (χ2v) is 7.88. The smallest absolute Gasteiger partial charge is 0.422 e. The lowest BCUT2D eigenvalue weighted by molar-refractivity contribution is -0.153. The molecular formula is C23H22F3N3O4. The highest BCUT2D eigenvalue weighted by Crippen LogP contribution is 2.25. The minimum absolute atomic E-state index is 0.0287. The molecule has 0 aliphatic heterocycles. The van der Waals surface area contributed by atoms with Crippen molar-refractivity contribution in [2.75, 3.05) is 11.9 Å². The zero-order valence-corrected chi connectivity index (χ0v) is 18.1. The van der Waals surface area contributed by atoms with Crippen LogP contribution in [0.15, 0.2) is 59.4 Å². The van der Waals surface area contributed by atoms with Gasteiger partial charge in [-0.3, -0.25) is 9.59 Å². The van der Waals surface area contributed by atoms with E-state index >= 15 is 0 Å². The Kier molecular flexibility index (Phi) is 6.59. The molecule has 1 heterocycles. The number of amides is 1. The molecule has 1 aromatic heterocycles. The minimum Gasteiger partial charge on any atom is -0.482 e. The maximum atomic E-state index is 13.0. The fraction of sp³-hybridized carbons (Fsp3) is 0.261. The Morgan fingerprint density at radius 2 is 1.76 bits per heavy atom. The predicted molar refractivity (Wildman–Crippen MR) is 116 cm³/mol. The number of halogens is 3. The van der Waals surface area contributed by atoms with Gasteiger partial charge in [0.15, 0.2) is 6.61 Å². The molecule has 0 atom stereocenters. The number of aryl methyl sites for hydroxylation is 1. The first-order valence-corrected chi connectivity index (χ1v) is 9.89. The first kappa shape index (κ1) is 24.0. The van der Waals surface area contributed by atoms with Gasteiger partial charge in [-0.05, 0) is 56.7 Å². The monoisotopic (exact) mass is 461 g/mol. The third kappa shape index (κ3) is 5.98. The SMILES string of the molecule is Cc1cc(C(=O)Nc2ccc(C(C)(C)O)cc2)c(=O)n(-c2ccccc2OCC(F)(F)F)n1. The maximum absolute atomic E-state index is 13.0. The summed E-state index contributed by atoms with van der Waals surface area (Å²) in [7, 11) is 0. The van der Waals surface area contributed by atoms with Gasteiger partial charge in [-0.2, -0.15) is 23.0 Å². The average Bonchev–Trinajstić information content (AvgIpc) is 2.73. The first-order valence-electron chi connectivity index (χ1n) is 9.89. The summed E-state index contributed by atoms with van der Waals surface area (Å²) in [6, 6.07) is 13.4. The third-order valence-electron chi connectivity index (χ3n) is 4.61. The molecule has 0 unspecified atom stereocenters. The van der Waals surface area contributed by atoms with Crippen LogP contribution in [0.2, 0.25) is 0 Å². The van der Waals surface area contributed by atoms with Crippen molar-refractivity contribution in [3.8, 4) is 11.4 Å². The van der Waals surface area contributed by atoms with Crippen LogP contribution in [0, 0.1) is 6.92 Å². The number of aliphatic hydroxyl groups is 1. The highest BCUT2D eigenvalue weighted by molar-refractivity contribution is 6.04. The van der Waals surface area contributed by atoms with Crippen molar-refractivity contribution in [2.45, 2.75) is 32.5 Å². The average molecular weight is 461 g/mol. The van der Waals surface area contributed by atoms with Gasteiger partial charge in [0, 0.05) is 5.69 Å². The van der Waals surface area contributed by atoms with Gasteiger partial charge in [0.05, 0.1) is 11.3 Å². The number of rotatable bonds is 6. The van der Waals surface area contributed by atoms with Gasteiger partial charge in [-0.1, -0.05) is 24.3 Å². The van der Waals surface area contributed by atoms with Crippen molar-refractivity contribution >= 4 is 11.6 Å². The number of hydrogen-bond donors (Lipinski definition) is 2. The molecule has 1 amide bonds. The normalized spacial score (nSPS) is 11.8. The summed E-state index contributed by atoms with van der Waals surface area (Å²) < 4.78 is 43.5. The van der Waals surface area contributed by atoms with Crippen LogP contribution < -0.4 is 15.6 Å². The van der Waals surface area contributed by atoms with Gasteiger partial charge in [-0.15, -0.1) is 0 Å². The Bertz CT molecular complexity index is 1210. The van der Waals surface area contributed by atoms with E-state index in [9.17, 15) is 27.9 Å². The molecular weight excluding hydrogens is 439 g/mol. The number of para-hydroxylation sites is 2. The number of anilines is 1. The van der Waals surface area contributed by atoms with Crippen molar-refractivity contribution in [3.63, 3.8) is 0 Å². The number of carbonyl (C=O) groups excluding carboxylic acids is 1. The Hall–Kier alpha value is -3.66. The zero-order chi connectivity index (χ0) is 24.4. The summed E-state index contributed by atoms with van der Waals surface area (Å²) >= 11 is 0. The van der Waals surface area contributed by atoms with E-state index in [0.717, 1.165) is 4.68 Å². The molecule has 3 aromatic rings. The molecule has 0 fully saturated rings. The van der Waals surface area contributed by atoms with E-state index in [4.69, 9.17) is 4.74 Å². The second kappa shape index (κ2) is 9.07. The number of nitrogens with one attached hydrogen (secondary N) is 1. The first-order chi connectivity index (χ1) is 15.3. The maximum Gasteiger partial charge on any atom is 0.422 e. The Morgan fingerprint density at radius 3 is 2.36 bits per heavy atom. The molecule has 174 valence electrons. The summed E-state index contributed by atoms with van der Waals surface area (Å²) in [6.07, 6.45) is -4.57. The van der Waals surface area contributed by atoms with Crippen LogP contribution in [0.4, 0.5) is 18.9 Å². The summed E-state index contributed by atoms with van der Waals surface area (Å²) in [5, 5.41) is 16.7. The topological polar surface area (TPSA) is 93.5 Å². The number of benzene rings is 2. The van der Waals surface area contributed by atoms with Crippen molar-refractivity contribution < 1.29 is 27.8 Å². The summed E-state index contributed by atoms with van der Waals surface area (Å²) in [4.78, 5) is 25.8. The lowest BCUT2D eigenvalue weighted by Gasteiger charge is -2.18. The van der Waals surface area contributed by atoms with Crippen LogP contribution in [-0.4, -0.2) is 33.6 Å². The third-order valence-corrected chi connectivity index (χ3v) is 4.61.